The van der Waals surface area contributed by atoms with Crippen molar-refractivity contribution in [3.8, 4) is 12.1 Å². The van der Waals surface area contributed by atoms with Gasteiger partial charge in [0.05, 0.1) is 12.2 Å². The molecule has 0 bridgehead atoms. The first kappa shape index (κ1) is 12.5. The van der Waals surface area contributed by atoms with E-state index in [1.54, 1.807) is 32.1 Å². The average Bonchev–Trinajstić information content (AvgIpc) is 2.67. The fourth-order valence-corrected chi connectivity index (χ4v) is 1.33. The minimum Gasteiger partial charge on any atom is -0.462 e. The number of carbonyl (C=O) groups is 1. The molecule has 17 heavy (non-hydrogen) atoms. The van der Waals surface area contributed by atoms with Crippen LogP contribution >= 0.6 is 0 Å². The summed E-state index contributed by atoms with van der Waals surface area (Å²) in [7, 11) is 0. The van der Waals surface area contributed by atoms with E-state index in [4.69, 9.17) is 15.3 Å². The standard InChI is InChI=1S/C12H11N3O2/c1-3-17-12(16)11-5-10(15-8(11)2)4-9(6-13)7-14/h4-5,15H,3H2,1-2H3. The first-order valence-corrected chi connectivity index (χ1v) is 5.01. The van der Waals surface area contributed by atoms with Crippen LogP contribution < -0.4 is 0 Å². The van der Waals surface area contributed by atoms with E-state index in [9.17, 15) is 4.79 Å². The summed E-state index contributed by atoms with van der Waals surface area (Å²) >= 11 is 0. The zero-order valence-corrected chi connectivity index (χ0v) is 9.57. The maximum atomic E-state index is 11.5. The summed E-state index contributed by atoms with van der Waals surface area (Å²) in [4.78, 5) is 14.4. The zero-order chi connectivity index (χ0) is 12.8. The smallest absolute Gasteiger partial charge is 0.339 e. The molecular weight excluding hydrogens is 218 g/mol. The molecule has 86 valence electrons. The van der Waals surface area contributed by atoms with Crippen LogP contribution in [0, 0.1) is 29.6 Å². The number of hydrogen-bond acceptors (Lipinski definition) is 4. The van der Waals surface area contributed by atoms with Crippen LogP contribution in [0.25, 0.3) is 6.08 Å². The number of aromatic amines is 1. The van der Waals surface area contributed by atoms with Gasteiger partial charge in [0.25, 0.3) is 0 Å². The molecule has 0 aliphatic carbocycles. The molecule has 1 rings (SSSR count). The molecule has 1 aromatic rings. The third kappa shape index (κ3) is 2.96. The molecule has 1 N–H and O–H groups in total. The maximum Gasteiger partial charge on any atom is 0.339 e. The van der Waals surface area contributed by atoms with Crippen molar-refractivity contribution in [2.24, 2.45) is 0 Å². The molecule has 0 aliphatic heterocycles. The Hall–Kier alpha value is -2.53. The van der Waals surface area contributed by atoms with Crippen molar-refractivity contribution in [3.63, 3.8) is 0 Å². The summed E-state index contributed by atoms with van der Waals surface area (Å²) in [6, 6.07) is 5.05. The average molecular weight is 229 g/mol. The molecule has 5 nitrogen and oxygen atoms in total. The fraction of sp³-hybridized carbons (Fsp3) is 0.250. The highest BCUT2D eigenvalue weighted by atomic mass is 16.5. The number of nitriles is 2. The summed E-state index contributed by atoms with van der Waals surface area (Å²) in [5.74, 6) is -0.420. The Kier molecular flexibility index (Phi) is 4.08. The van der Waals surface area contributed by atoms with Gasteiger partial charge < -0.3 is 9.72 Å². The SMILES string of the molecule is CCOC(=O)c1cc(C=C(C#N)C#N)[nH]c1C. The van der Waals surface area contributed by atoms with Crippen molar-refractivity contribution in [1.82, 2.24) is 4.98 Å². The van der Waals surface area contributed by atoms with E-state index in [1.165, 1.54) is 6.08 Å². The lowest BCUT2D eigenvalue weighted by Gasteiger charge is -1.98. The molecule has 0 spiro atoms. The lowest BCUT2D eigenvalue weighted by atomic mass is 10.2. The molecule has 1 heterocycles. The number of esters is 1. The van der Waals surface area contributed by atoms with Gasteiger partial charge in [0.15, 0.2) is 0 Å². The minimum atomic E-state index is -0.420. The van der Waals surface area contributed by atoms with Gasteiger partial charge in [-0.05, 0) is 26.0 Å². The van der Waals surface area contributed by atoms with Gasteiger partial charge in [-0.25, -0.2) is 4.79 Å². The monoisotopic (exact) mass is 229 g/mol. The second-order valence-corrected chi connectivity index (χ2v) is 3.27. The molecule has 0 saturated carbocycles. The molecule has 0 atom stereocenters. The van der Waals surface area contributed by atoms with Gasteiger partial charge in [-0.15, -0.1) is 0 Å². The lowest BCUT2D eigenvalue weighted by Crippen LogP contribution is -2.04. The van der Waals surface area contributed by atoms with Crippen LogP contribution in [0.1, 0.15) is 28.7 Å². The van der Waals surface area contributed by atoms with Crippen LogP contribution in [-0.2, 0) is 4.74 Å². The van der Waals surface area contributed by atoms with E-state index >= 15 is 0 Å². The number of ether oxygens (including phenoxy) is 1. The Bertz CT molecular complexity index is 525. The van der Waals surface area contributed by atoms with Gasteiger partial charge in [-0.3, -0.25) is 0 Å². The molecule has 1 aromatic heterocycles. The first-order valence-electron chi connectivity index (χ1n) is 5.01. The number of carbonyl (C=O) groups excluding carboxylic acids is 1. The topological polar surface area (TPSA) is 89.7 Å². The number of H-pyrrole nitrogens is 1. The van der Waals surface area contributed by atoms with Gasteiger partial charge in [0, 0.05) is 11.4 Å². The largest absolute Gasteiger partial charge is 0.462 e. The number of aromatic nitrogens is 1. The van der Waals surface area contributed by atoms with E-state index in [0.29, 0.717) is 23.6 Å². The van der Waals surface area contributed by atoms with Crippen molar-refractivity contribution < 1.29 is 9.53 Å². The first-order chi connectivity index (χ1) is 8.12. The second-order valence-electron chi connectivity index (χ2n) is 3.27. The maximum absolute atomic E-state index is 11.5. The van der Waals surface area contributed by atoms with E-state index in [0.717, 1.165) is 0 Å². The van der Waals surface area contributed by atoms with Gasteiger partial charge in [0.1, 0.15) is 17.7 Å². The summed E-state index contributed by atoms with van der Waals surface area (Å²) in [6.07, 6.45) is 1.38. The predicted molar refractivity (Wildman–Crippen MR) is 60.7 cm³/mol. The molecule has 0 radical (unpaired) electrons. The van der Waals surface area contributed by atoms with E-state index in [1.807, 2.05) is 0 Å². The molecule has 0 unspecified atom stereocenters. The Morgan fingerprint density at radius 1 is 1.53 bits per heavy atom. The van der Waals surface area contributed by atoms with E-state index in [-0.39, 0.29) is 5.57 Å². The van der Waals surface area contributed by atoms with E-state index in [2.05, 4.69) is 4.98 Å². The highest BCUT2D eigenvalue weighted by Crippen LogP contribution is 2.14. The molecule has 0 fully saturated rings. The molecule has 0 aliphatic rings. The number of allylic oxidation sites excluding steroid dienone is 1. The van der Waals surface area contributed by atoms with Crippen LogP contribution in [0.2, 0.25) is 0 Å². The lowest BCUT2D eigenvalue weighted by molar-refractivity contribution is 0.0526. The van der Waals surface area contributed by atoms with Gasteiger partial charge in [0.2, 0.25) is 0 Å². The number of aryl methyl sites for hydroxylation is 1. The Morgan fingerprint density at radius 3 is 2.71 bits per heavy atom. The van der Waals surface area contributed by atoms with Crippen LogP contribution in [0.3, 0.4) is 0 Å². The van der Waals surface area contributed by atoms with Gasteiger partial charge >= 0.3 is 5.97 Å². The molecule has 0 saturated heterocycles. The summed E-state index contributed by atoms with van der Waals surface area (Å²) in [5, 5.41) is 17.2. The van der Waals surface area contributed by atoms with Gasteiger partial charge in [-0.2, -0.15) is 10.5 Å². The summed E-state index contributed by atoms with van der Waals surface area (Å²) in [5.41, 5.74) is 1.56. The molecular formula is C12H11N3O2. The number of nitrogens with one attached hydrogen (secondary N) is 1. The van der Waals surface area contributed by atoms with Crippen LogP contribution in [0.5, 0.6) is 0 Å². The third-order valence-electron chi connectivity index (χ3n) is 2.07. The Balaban J connectivity index is 3.06. The zero-order valence-electron chi connectivity index (χ0n) is 9.57. The molecule has 5 heteroatoms. The summed E-state index contributed by atoms with van der Waals surface area (Å²) < 4.78 is 4.87. The van der Waals surface area contributed by atoms with Crippen molar-refractivity contribution >= 4 is 12.0 Å². The van der Waals surface area contributed by atoms with Crippen molar-refractivity contribution in [2.75, 3.05) is 6.61 Å². The number of nitrogens with zero attached hydrogens (tertiary/aromatic N) is 2. The molecule has 0 aromatic carbocycles. The van der Waals surface area contributed by atoms with E-state index < -0.39 is 5.97 Å². The van der Waals surface area contributed by atoms with Crippen molar-refractivity contribution in [3.05, 3.63) is 28.6 Å². The quantitative estimate of drug-likeness (QED) is 0.633. The van der Waals surface area contributed by atoms with Crippen molar-refractivity contribution in [2.45, 2.75) is 13.8 Å². The van der Waals surface area contributed by atoms with Crippen LogP contribution in [0.4, 0.5) is 0 Å². The Labute approximate surface area is 98.9 Å². The Morgan fingerprint density at radius 2 is 2.18 bits per heavy atom. The highest BCUT2D eigenvalue weighted by Gasteiger charge is 2.12. The molecule has 0 amide bonds. The van der Waals surface area contributed by atoms with Crippen molar-refractivity contribution in [1.29, 1.82) is 10.5 Å². The normalized spacial score (nSPS) is 8.94. The van der Waals surface area contributed by atoms with Crippen LogP contribution in [0.15, 0.2) is 11.6 Å². The second kappa shape index (κ2) is 5.53. The highest BCUT2D eigenvalue weighted by molar-refractivity contribution is 5.91. The van der Waals surface area contributed by atoms with Gasteiger partial charge in [-0.1, -0.05) is 0 Å². The predicted octanol–water partition coefficient (Wildman–Crippen LogP) is 1.93. The van der Waals surface area contributed by atoms with Crippen LogP contribution in [-0.4, -0.2) is 17.6 Å². The summed E-state index contributed by atoms with van der Waals surface area (Å²) in [6.45, 7) is 3.75. The number of rotatable bonds is 3. The third-order valence-corrected chi connectivity index (χ3v) is 2.07. The number of hydrogen-bond donors (Lipinski definition) is 1. The minimum absolute atomic E-state index is 0.0262. The fourth-order valence-electron chi connectivity index (χ4n) is 1.33.